The van der Waals surface area contributed by atoms with E-state index in [1.807, 2.05) is 6.92 Å². The highest BCUT2D eigenvalue weighted by atomic mass is 79.9. The molecule has 1 aromatic carbocycles. The van der Waals surface area contributed by atoms with Crippen LogP contribution in [-0.4, -0.2) is 24.3 Å². The maximum atomic E-state index is 11.0. The van der Waals surface area contributed by atoms with Crippen molar-refractivity contribution in [1.29, 1.82) is 0 Å². The number of hydrogen-bond donors (Lipinski definition) is 1. The van der Waals surface area contributed by atoms with Gasteiger partial charge < -0.3 is 14.6 Å². The Labute approximate surface area is 101 Å². The van der Waals surface area contributed by atoms with Gasteiger partial charge in [0.25, 0.3) is 0 Å². The number of ether oxygens (including phenoxy) is 2. The molecule has 0 bridgehead atoms. The van der Waals surface area contributed by atoms with Gasteiger partial charge in [-0.25, -0.2) is 4.79 Å². The SMILES string of the molecule is COc1cc(C(=O)O)c(Br)c2c1OC(C)C2. The molecule has 1 heterocycles. The van der Waals surface area contributed by atoms with Crippen LogP contribution in [0.1, 0.15) is 22.8 Å². The van der Waals surface area contributed by atoms with E-state index >= 15 is 0 Å². The highest BCUT2D eigenvalue weighted by Crippen LogP contribution is 2.43. The van der Waals surface area contributed by atoms with E-state index < -0.39 is 5.97 Å². The van der Waals surface area contributed by atoms with Crippen molar-refractivity contribution < 1.29 is 19.4 Å². The molecule has 0 saturated carbocycles. The Hall–Kier alpha value is -1.23. The maximum Gasteiger partial charge on any atom is 0.336 e. The van der Waals surface area contributed by atoms with Crippen molar-refractivity contribution >= 4 is 21.9 Å². The fourth-order valence-corrected chi connectivity index (χ4v) is 2.45. The van der Waals surface area contributed by atoms with Crippen LogP contribution in [0.5, 0.6) is 11.5 Å². The zero-order valence-corrected chi connectivity index (χ0v) is 10.5. The van der Waals surface area contributed by atoms with Gasteiger partial charge in [-0.2, -0.15) is 0 Å². The summed E-state index contributed by atoms with van der Waals surface area (Å²) in [5.41, 5.74) is 1.07. The number of benzene rings is 1. The lowest BCUT2D eigenvalue weighted by atomic mass is 10.1. The van der Waals surface area contributed by atoms with Crippen LogP contribution in [-0.2, 0) is 6.42 Å². The van der Waals surface area contributed by atoms with Gasteiger partial charge in [-0.3, -0.25) is 0 Å². The van der Waals surface area contributed by atoms with Gasteiger partial charge in [0.1, 0.15) is 6.10 Å². The summed E-state index contributed by atoms with van der Waals surface area (Å²) in [4.78, 5) is 11.0. The second kappa shape index (κ2) is 3.97. The molecule has 0 radical (unpaired) electrons. The fourth-order valence-electron chi connectivity index (χ4n) is 1.82. The van der Waals surface area contributed by atoms with E-state index in [-0.39, 0.29) is 11.7 Å². The molecule has 1 unspecified atom stereocenters. The molecule has 1 N–H and O–H groups in total. The molecule has 1 aliphatic rings. The van der Waals surface area contributed by atoms with Crippen LogP contribution >= 0.6 is 15.9 Å². The highest BCUT2D eigenvalue weighted by Gasteiger charge is 2.28. The third-order valence-electron chi connectivity index (χ3n) is 2.54. The van der Waals surface area contributed by atoms with Crippen LogP contribution in [0.4, 0.5) is 0 Å². The van der Waals surface area contributed by atoms with Crippen molar-refractivity contribution in [2.75, 3.05) is 7.11 Å². The first kappa shape index (κ1) is 11.3. The Balaban J connectivity index is 2.64. The number of hydrogen-bond acceptors (Lipinski definition) is 3. The molecule has 86 valence electrons. The zero-order chi connectivity index (χ0) is 11.9. The summed E-state index contributed by atoms with van der Waals surface area (Å²) in [6.45, 7) is 1.94. The topological polar surface area (TPSA) is 55.8 Å². The average Bonchev–Trinajstić information content (AvgIpc) is 2.60. The van der Waals surface area contributed by atoms with Crippen LogP contribution in [0, 0.1) is 0 Å². The summed E-state index contributed by atoms with van der Waals surface area (Å²) in [5, 5.41) is 9.06. The highest BCUT2D eigenvalue weighted by molar-refractivity contribution is 9.10. The predicted molar refractivity (Wildman–Crippen MR) is 61.4 cm³/mol. The monoisotopic (exact) mass is 286 g/mol. The molecule has 0 aromatic heterocycles. The molecule has 0 amide bonds. The number of carboxylic acids is 1. The van der Waals surface area contributed by atoms with Crippen molar-refractivity contribution in [2.24, 2.45) is 0 Å². The van der Waals surface area contributed by atoms with E-state index in [0.29, 0.717) is 22.4 Å². The molecule has 1 aromatic rings. The van der Waals surface area contributed by atoms with Crippen LogP contribution in [0.25, 0.3) is 0 Å². The summed E-state index contributed by atoms with van der Waals surface area (Å²) in [6.07, 6.45) is 0.733. The molecule has 0 spiro atoms. The summed E-state index contributed by atoms with van der Waals surface area (Å²) in [5.74, 6) is 0.138. The van der Waals surface area contributed by atoms with Crippen molar-refractivity contribution in [3.8, 4) is 11.5 Å². The number of fused-ring (bicyclic) bond motifs is 1. The predicted octanol–water partition coefficient (Wildman–Crippen LogP) is 2.48. The lowest BCUT2D eigenvalue weighted by Crippen LogP contribution is -2.05. The number of methoxy groups -OCH3 is 1. The fraction of sp³-hybridized carbons (Fsp3) is 0.364. The molecule has 4 nitrogen and oxygen atoms in total. The van der Waals surface area contributed by atoms with Crippen molar-refractivity contribution in [3.05, 3.63) is 21.7 Å². The first-order valence-electron chi connectivity index (χ1n) is 4.84. The lowest BCUT2D eigenvalue weighted by molar-refractivity contribution is 0.0695. The van der Waals surface area contributed by atoms with Gasteiger partial charge in [-0.05, 0) is 28.9 Å². The smallest absolute Gasteiger partial charge is 0.336 e. The Morgan fingerprint density at radius 2 is 2.38 bits per heavy atom. The minimum atomic E-state index is -0.979. The summed E-state index contributed by atoms with van der Waals surface area (Å²) in [6, 6.07) is 1.48. The number of aromatic carboxylic acids is 1. The van der Waals surface area contributed by atoms with Gasteiger partial charge in [0.15, 0.2) is 11.5 Å². The summed E-state index contributed by atoms with van der Waals surface area (Å²) < 4.78 is 11.3. The van der Waals surface area contributed by atoms with Gasteiger partial charge in [-0.15, -0.1) is 0 Å². The second-order valence-electron chi connectivity index (χ2n) is 3.69. The Morgan fingerprint density at radius 3 is 2.94 bits per heavy atom. The molecule has 2 rings (SSSR count). The van der Waals surface area contributed by atoms with Gasteiger partial charge in [0, 0.05) is 16.5 Å². The third-order valence-corrected chi connectivity index (χ3v) is 3.44. The largest absolute Gasteiger partial charge is 0.493 e. The standard InChI is InChI=1S/C11H11BrO4/c1-5-3-6-9(12)7(11(13)14)4-8(15-2)10(6)16-5/h4-5H,3H2,1-2H3,(H,13,14). The molecular formula is C11H11BrO4. The first-order valence-corrected chi connectivity index (χ1v) is 5.63. The first-order chi connectivity index (χ1) is 7.54. The second-order valence-corrected chi connectivity index (χ2v) is 4.48. The Kier molecular flexibility index (Phi) is 2.80. The molecule has 0 fully saturated rings. The van der Waals surface area contributed by atoms with E-state index in [4.69, 9.17) is 14.6 Å². The van der Waals surface area contributed by atoms with E-state index in [0.717, 1.165) is 5.56 Å². The maximum absolute atomic E-state index is 11.0. The molecule has 1 atom stereocenters. The molecular weight excluding hydrogens is 276 g/mol. The summed E-state index contributed by atoms with van der Waals surface area (Å²) in [7, 11) is 1.50. The number of carboxylic acid groups (broad SMARTS) is 1. The van der Waals surface area contributed by atoms with E-state index in [1.165, 1.54) is 13.2 Å². The molecule has 0 saturated heterocycles. The Morgan fingerprint density at radius 1 is 1.69 bits per heavy atom. The van der Waals surface area contributed by atoms with E-state index in [1.54, 1.807) is 0 Å². The number of carbonyl (C=O) groups is 1. The van der Waals surface area contributed by atoms with Gasteiger partial charge in [0.05, 0.1) is 12.7 Å². The van der Waals surface area contributed by atoms with Crippen molar-refractivity contribution in [3.63, 3.8) is 0 Å². The van der Waals surface area contributed by atoms with Crippen LogP contribution < -0.4 is 9.47 Å². The quantitative estimate of drug-likeness (QED) is 0.908. The number of rotatable bonds is 2. The molecule has 1 aliphatic heterocycles. The normalized spacial score (nSPS) is 17.8. The van der Waals surface area contributed by atoms with Gasteiger partial charge in [-0.1, -0.05) is 0 Å². The van der Waals surface area contributed by atoms with Crippen LogP contribution in [0.15, 0.2) is 10.5 Å². The lowest BCUT2D eigenvalue weighted by Gasteiger charge is -2.10. The van der Waals surface area contributed by atoms with E-state index in [9.17, 15) is 4.79 Å². The van der Waals surface area contributed by atoms with E-state index in [2.05, 4.69) is 15.9 Å². The third kappa shape index (κ3) is 1.65. The van der Waals surface area contributed by atoms with Crippen LogP contribution in [0.3, 0.4) is 0 Å². The molecule has 16 heavy (non-hydrogen) atoms. The van der Waals surface area contributed by atoms with Crippen LogP contribution in [0.2, 0.25) is 0 Å². The number of halogens is 1. The minimum absolute atomic E-state index is 0.0456. The zero-order valence-electron chi connectivity index (χ0n) is 8.91. The Bertz CT molecular complexity index is 456. The summed E-state index contributed by atoms with van der Waals surface area (Å²) >= 11 is 3.31. The van der Waals surface area contributed by atoms with Crippen molar-refractivity contribution in [2.45, 2.75) is 19.4 Å². The average molecular weight is 287 g/mol. The molecule has 0 aliphatic carbocycles. The van der Waals surface area contributed by atoms with Gasteiger partial charge >= 0.3 is 5.97 Å². The van der Waals surface area contributed by atoms with Gasteiger partial charge in [0.2, 0.25) is 0 Å². The van der Waals surface area contributed by atoms with Crippen molar-refractivity contribution in [1.82, 2.24) is 0 Å². The minimum Gasteiger partial charge on any atom is -0.493 e. The molecule has 5 heteroatoms.